The van der Waals surface area contributed by atoms with Crippen LogP contribution in [-0.4, -0.2) is 42.2 Å². The molecule has 1 aromatic carbocycles. The highest BCUT2D eigenvalue weighted by atomic mass is 35.5. The third-order valence-corrected chi connectivity index (χ3v) is 5.68. The lowest BCUT2D eigenvalue weighted by Crippen LogP contribution is -3.18. The van der Waals surface area contributed by atoms with Crippen molar-refractivity contribution in [3.63, 3.8) is 0 Å². The van der Waals surface area contributed by atoms with Gasteiger partial charge in [-0.1, -0.05) is 30.2 Å². The second-order valence-corrected chi connectivity index (χ2v) is 7.18. The van der Waals surface area contributed by atoms with Gasteiger partial charge in [-0.3, -0.25) is 0 Å². The van der Waals surface area contributed by atoms with Crippen LogP contribution >= 0.6 is 23.8 Å². The molecule has 5 heteroatoms. The Morgan fingerprint density at radius 2 is 1.82 bits per heavy atom. The van der Waals surface area contributed by atoms with Gasteiger partial charge in [-0.2, -0.15) is 0 Å². The Hall–Kier alpha value is -0.840. The molecule has 0 aromatic heterocycles. The van der Waals surface area contributed by atoms with Crippen LogP contribution in [0.5, 0.6) is 0 Å². The minimum Gasteiger partial charge on any atom is -0.338 e. The summed E-state index contributed by atoms with van der Waals surface area (Å²) < 4.78 is 0. The number of benzene rings is 1. The van der Waals surface area contributed by atoms with Gasteiger partial charge in [0.15, 0.2) is 5.11 Å². The minimum atomic E-state index is 0.719. The van der Waals surface area contributed by atoms with Gasteiger partial charge in [0, 0.05) is 0 Å². The zero-order chi connectivity index (χ0) is 15.4. The summed E-state index contributed by atoms with van der Waals surface area (Å²) in [6.07, 6.45) is 7.10. The predicted octanol–water partition coefficient (Wildman–Crippen LogP) is 2.57. The van der Waals surface area contributed by atoms with E-state index in [1.54, 1.807) is 4.90 Å². The lowest BCUT2D eigenvalue weighted by molar-refractivity contribution is -0.930. The summed E-state index contributed by atoms with van der Waals surface area (Å²) in [6, 6.07) is 8.65. The third kappa shape index (κ3) is 3.92. The second kappa shape index (κ2) is 7.62. The molecule has 120 valence electrons. The molecule has 22 heavy (non-hydrogen) atoms. The van der Waals surface area contributed by atoms with E-state index in [1.165, 1.54) is 45.2 Å². The van der Waals surface area contributed by atoms with Gasteiger partial charge >= 0.3 is 0 Å². The molecule has 1 aliphatic carbocycles. The molecular weight excluding hydrogens is 314 g/mol. The number of rotatable bonds is 2. The highest BCUT2D eigenvalue weighted by molar-refractivity contribution is 7.80. The van der Waals surface area contributed by atoms with E-state index in [0.717, 1.165) is 35.0 Å². The maximum absolute atomic E-state index is 6.19. The average Bonchev–Trinajstić information content (AvgIpc) is 2.58. The molecular formula is C17H25ClN3S+. The van der Waals surface area contributed by atoms with Gasteiger partial charge in [0.1, 0.15) is 0 Å². The Balaban J connectivity index is 1.50. The summed E-state index contributed by atoms with van der Waals surface area (Å²) in [5.74, 6) is 0. The van der Waals surface area contributed by atoms with E-state index in [1.807, 2.05) is 24.3 Å². The van der Waals surface area contributed by atoms with Gasteiger partial charge in [0.2, 0.25) is 0 Å². The van der Waals surface area contributed by atoms with Crippen molar-refractivity contribution in [3.05, 3.63) is 29.3 Å². The molecule has 1 aliphatic heterocycles. The first-order chi connectivity index (χ1) is 10.7. The normalized spacial score (nSPS) is 20.9. The number of hydrogen-bond donors (Lipinski definition) is 2. The molecule has 1 heterocycles. The van der Waals surface area contributed by atoms with E-state index in [-0.39, 0.29) is 0 Å². The molecule has 3 nitrogen and oxygen atoms in total. The van der Waals surface area contributed by atoms with E-state index >= 15 is 0 Å². The molecule has 2 aliphatic rings. The molecule has 1 aromatic rings. The lowest BCUT2D eigenvalue weighted by Gasteiger charge is -2.38. The Bertz CT molecular complexity index is 508. The van der Waals surface area contributed by atoms with E-state index in [4.69, 9.17) is 23.8 Å². The molecule has 3 rings (SSSR count). The molecule has 0 bridgehead atoms. The third-order valence-electron chi connectivity index (χ3n) is 4.99. The molecule has 2 fully saturated rings. The number of para-hydroxylation sites is 1. The van der Waals surface area contributed by atoms with Crippen LogP contribution in [0, 0.1) is 0 Å². The van der Waals surface area contributed by atoms with Crippen molar-refractivity contribution in [2.45, 2.75) is 38.1 Å². The maximum atomic E-state index is 6.19. The van der Waals surface area contributed by atoms with Crippen LogP contribution in [0.15, 0.2) is 24.3 Å². The Morgan fingerprint density at radius 3 is 2.50 bits per heavy atom. The fourth-order valence-corrected chi connectivity index (χ4v) is 4.15. The van der Waals surface area contributed by atoms with Gasteiger partial charge in [-0.15, -0.1) is 0 Å². The van der Waals surface area contributed by atoms with Crippen LogP contribution < -0.4 is 10.2 Å². The van der Waals surface area contributed by atoms with Crippen molar-refractivity contribution in [2.75, 3.05) is 31.5 Å². The van der Waals surface area contributed by atoms with Crippen LogP contribution in [0.4, 0.5) is 5.69 Å². The van der Waals surface area contributed by atoms with Crippen molar-refractivity contribution >= 4 is 34.6 Å². The van der Waals surface area contributed by atoms with Gasteiger partial charge < -0.3 is 15.1 Å². The summed E-state index contributed by atoms with van der Waals surface area (Å²) in [6.45, 7) is 4.49. The largest absolute Gasteiger partial charge is 0.338 e. The van der Waals surface area contributed by atoms with Crippen molar-refractivity contribution in [1.82, 2.24) is 4.90 Å². The van der Waals surface area contributed by atoms with Crippen molar-refractivity contribution in [3.8, 4) is 0 Å². The van der Waals surface area contributed by atoms with Crippen LogP contribution in [0.3, 0.4) is 0 Å². The first-order valence-electron chi connectivity index (χ1n) is 8.39. The second-order valence-electron chi connectivity index (χ2n) is 6.39. The van der Waals surface area contributed by atoms with Gasteiger partial charge in [-0.25, -0.2) is 0 Å². The van der Waals surface area contributed by atoms with Gasteiger partial charge in [-0.05, 0) is 50.0 Å². The first-order valence-corrected chi connectivity index (χ1v) is 9.18. The number of halogens is 1. The number of piperazine rings is 1. The molecule has 1 saturated heterocycles. The van der Waals surface area contributed by atoms with Crippen molar-refractivity contribution in [2.24, 2.45) is 0 Å². The molecule has 0 spiro atoms. The van der Waals surface area contributed by atoms with E-state index in [2.05, 4.69) is 10.2 Å². The van der Waals surface area contributed by atoms with Crippen LogP contribution in [0.25, 0.3) is 0 Å². The highest BCUT2D eigenvalue weighted by Crippen LogP contribution is 2.21. The molecule has 0 atom stereocenters. The smallest absolute Gasteiger partial charge is 0.173 e. The zero-order valence-corrected chi connectivity index (χ0v) is 14.6. The Morgan fingerprint density at radius 1 is 1.14 bits per heavy atom. The maximum Gasteiger partial charge on any atom is 0.173 e. The highest BCUT2D eigenvalue weighted by Gasteiger charge is 2.29. The monoisotopic (exact) mass is 338 g/mol. The van der Waals surface area contributed by atoms with Gasteiger partial charge in [0.25, 0.3) is 0 Å². The molecule has 1 saturated carbocycles. The van der Waals surface area contributed by atoms with Crippen molar-refractivity contribution < 1.29 is 4.90 Å². The number of anilines is 1. The van der Waals surface area contributed by atoms with E-state index in [9.17, 15) is 0 Å². The number of nitrogens with zero attached hydrogens (tertiary/aromatic N) is 1. The summed E-state index contributed by atoms with van der Waals surface area (Å²) >= 11 is 11.7. The van der Waals surface area contributed by atoms with Crippen LogP contribution in [-0.2, 0) is 0 Å². The van der Waals surface area contributed by atoms with Crippen LogP contribution in [0.1, 0.15) is 32.1 Å². The molecule has 0 radical (unpaired) electrons. The summed E-state index contributed by atoms with van der Waals surface area (Å²) in [5, 5.41) is 4.81. The van der Waals surface area contributed by atoms with Crippen molar-refractivity contribution in [1.29, 1.82) is 0 Å². The standard InChI is InChI=1S/C17H24ClN3S/c18-15-8-4-5-9-16(15)19-17(22)21-12-10-20(11-13-21)14-6-2-1-3-7-14/h4-5,8-9,14H,1-3,6-7,10-13H2,(H,19,22)/p+1. The number of thiocarbonyl (C=S) groups is 1. The summed E-state index contributed by atoms with van der Waals surface area (Å²) in [7, 11) is 0. The zero-order valence-electron chi connectivity index (χ0n) is 13.0. The van der Waals surface area contributed by atoms with E-state index < -0.39 is 0 Å². The topological polar surface area (TPSA) is 19.7 Å². The Labute approximate surface area is 143 Å². The predicted molar refractivity (Wildman–Crippen MR) is 96.8 cm³/mol. The first kappa shape index (κ1) is 16.0. The summed E-state index contributed by atoms with van der Waals surface area (Å²) in [5.41, 5.74) is 0.899. The molecule has 0 unspecified atom stereocenters. The number of nitrogens with one attached hydrogen (secondary N) is 2. The number of quaternary nitrogens is 1. The molecule has 0 amide bonds. The minimum absolute atomic E-state index is 0.719. The Kier molecular flexibility index (Phi) is 5.55. The van der Waals surface area contributed by atoms with E-state index in [0.29, 0.717) is 0 Å². The SMILES string of the molecule is S=C(Nc1ccccc1Cl)N1CC[NH+](C2CCCCC2)CC1. The average molecular weight is 339 g/mol. The lowest BCUT2D eigenvalue weighted by atomic mass is 9.94. The molecule has 2 N–H and O–H groups in total. The summed E-state index contributed by atoms with van der Waals surface area (Å²) in [4.78, 5) is 4.07. The number of hydrogen-bond acceptors (Lipinski definition) is 1. The van der Waals surface area contributed by atoms with Gasteiger partial charge in [0.05, 0.1) is 42.9 Å². The fourth-order valence-electron chi connectivity index (χ4n) is 3.67. The fraction of sp³-hybridized carbons (Fsp3) is 0.588. The van der Waals surface area contributed by atoms with Crippen LogP contribution in [0.2, 0.25) is 5.02 Å². The quantitative estimate of drug-likeness (QED) is 0.809.